The molecule has 0 saturated carbocycles. The summed E-state index contributed by atoms with van der Waals surface area (Å²) in [5, 5.41) is 6.52. The summed E-state index contributed by atoms with van der Waals surface area (Å²) in [6.07, 6.45) is 2.54. The normalized spacial score (nSPS) is 29.1. The van der Waals surface area contributed by atoms with Gasteiger partial charge in [-0.3, -0.25) is 4.79 Å². The lowest BCUT2D eigenvalue weighted by Crippen LogP contribution is -2.59. The number of hydrogen-bond donors (Lipinski definition) is 2. The first-order chi connectivity index (χ1) is 10.1. The molecule has 0 aliphatic carbocycles. The molecule has 3 saturated heterocycles. The summed E-state index contributed by atoms with van der Waals surface area (Å²) in [6, 6.07) is 8.24. The van der Waals surface area contributed by atoms with Crippen molar-refractivity contribution in [3.8, 4) is 0 Å². The maximum atomic E-state index is 12.3. The number of aryl methyl sites for hydroxylation is 1. The summed E-state index contributed by atoms with van der Waals surface area (Å²) in [6.45, 7) is 7.55. The summed E-state index contributed by atoms with van der Waals surface area (Å²) in [7, 11) is 0. The van der Waals surface area contributed by atoms with Crippen LogP contribution in [0.2, 0.25) is 0 Å². The summed E-state index contributed by atoms with van der Waals surface area (Å²) in [5.74, 6) is 0.792. The standard InChI is InChI=1S/C17H25N3O/c1-12-3-5-15(6-4-12)19-17(21)13(2)18-16-11-20-9-7-14(16)8-10-20/h3-6,13-14,16,18H,7-11H2,1-2H3,(H,19,21). The van der Waals surface area contributed by atoms with Gasteiger partial charge in [0.25, 0.3) is 0 Å². The van der Waals surface area contributed by atoms with Crippen molar-refractivity contribution in [2.75, 3.05) is 25.0 Å². The first-order valence-electron chi connectivity index (χ1n) is 7.98. The van der Waals surface area contributed by atoms with Crippen LogP contribution in [0, 0.1) is 12.8 Å². The SMILES string of the molecule is Cc1ccc(NC(=O)C(C)NC2CN3CCC2CC3)cc1. The molecule has 3 heterocycles. The topological polar surface area (TPSA) is 44.4 Å². The van der Waals surface area contributed by atoms with Crippen molar-refractivity contribution in [2.45, 2.75) is 38.8 Å². The number of piperidine rings is 3. The van der Waals surface area contributed by atoms with E-state index in [1.54, 1.807) is 0 Å². The molecule has 21 heavy (non-hydrogen) atoms. The van der Waals surface area contributed by atoms with E-state index < -0.39 is 0 Å². The molecule has 2 unspecified atom stereocenters. The molecule has 4 nitrogen and oxygen atoms in total. The zero-order valence-electron chi connectivity index (χ0n) is 12.9. The number of anilines is 1. The predicted molar refractivity (Wildman–Crippen MR) is 85.4 cm³/mol. The minimum absolute atomic E-state index is 0.0512. The highest BCUT2D eigenvalue weighted by Gasteiger charge is 2.35. The molecule has 4 rings (SSSR count). The van der Waals surface area contributed by atoms with Crippen molar-refractivity contribution in [3.63, 3.8) is 0 Å². The molecule has 2 N–H and O–H groups in total. The zero-order chi connectivity index (χ0) is 14.8. The maximum absolute atomic E-state index is 12.3. The van der Waals surface area contributed by atoms with Crippen LogP contribution in [0.4, 0.5) is 5.69 Å². The van der Waals surface area contributed by atoms with Crippen molar-refractivity contribution in [2.24, 2.45) is 5.92 Å². The highest BCUT2D eigenvalue weighted by molar-refractivity contribution is 5.94. The Kier molecular flexibility index (Phi) is 4.27. The van der Waals surface area contributed by atoms with Crippen LogP contribution in [-0.4, -0.2) is 42.5 Å². The molecule has 3 fully saturated rings. The lowest BCUT2D eigenvalue weighted by molar-refractivity contribution is -0.118. The molecule has 1 amide bonds. The third-order valence-corrected chi connectivity index (χ3v) is 4.83. The van der Waals surface area contributed by atoms with E-state index in [1.165, 1.54) is 31.5 Å². The smallest absolute Gasteiger partial charge is 0.241 e. The second kappa shape index (κ2) is 6.16. The molecule has 1 aromatic rings. The first-order valence-corrected chi connectivity index (χ1v) is 7.98. The summed E-state index contributed by atoms with van der Waals surface area (Å²) >= 11 is 0. The van der Waals surface area contributed by atoms with Gasteiger partial charge >= 0.3 is 0 Å². The Labute approximate surface area is 126 Å². The van der Waals surface area contributed by atoms with Gasteiger partial charge < -0.3 is 15.5 Å². The van der Waals surface area contributed by atoms with Crippen molar-refractivity contribution in [1.82, 2.24) is 10.2 Å². The molecular weight excluding hydrogens is 262 g/mol. The molecule has 2 atom stereocenters. The highest BCUT2D eigenvalue weighted by Crippen LogP contribution is 2.27. The maximum Gasteiger partial charge on any atom is 0.241 e. The molecule has 0 aromatic heterocycles. The Hall–Kier alpha value is -1.39. The highest BCUT2D eigenvalue weighted by atomic mass is 16.2. The minimum atomic E-state index is -0.156. The predicted octanol–water partition coefficient (Wildman–Crippen LogP) is 2.01. The second-order valence-electron chi connectivity index (χ2n) is 6.49. The van der Waals surface area contributed by atoms with Crippen LogP contribution in [-0.2, 0) is 4.79 Å². The van der Waals surface area contributed by atoms with E-state index in [-0.39, 0.29) is 11.9 Å². The van der Waals surface area contributed by atoms with Crippen molar-refractivity contribution in [3.05, 3.63) is 29.8 Å². The monoisotopic (exact) mass is 287 g/mol. The van der Waals surface area contributed by atoms with Crippen LogP contribution in [0.5, 0.6) is 0 Å². The third-order valence-electron chi connectivity index (χ3n) is 4.83. The van der Waals surface area contributed by atoms with Crippen molar-refractivity contribution in [1.29, 1.82) is 0 Å². The first kappa shape index (κ1) is 14.5. The fourth-order valence-corrected chi connectivity index (χ4v) is 3.44. The summed E-state index contributed by atoms with van der Waals surface area (Å²) in [4.78, 5) is 14.8. The Morgan fingerprint density at radius 3 is 2.48 bits per heavy atom. The van der Waals surface area contributed by atoms with Gasteiger partial charge in [0.2, 0.25) is 5.91 Å². The van der Waals surface area contributed by atoms with Gasteiger partial charge in [-0.25, -0.2) is 0 Å². The van der Waals surface area contributed by atoms with E-state index in [0.717, 1.165) is 18.2 Å². The minimum Gasteiger partial charge on any atom is -0.325 e. The Morgan fingerprint density at radius 1 is 1.24 bits per heavy atom. The lowest BCUT2D eigenvalue weighted by Gasteiger charge is -2.45. The molecule has 0 spiro atoms. The number of hydrogen-bond acceptors (Lipinski definition) is 3. The van der Waals surface area contributed by atoms with Gasteiger partial charge in [0.15, 0.2) is 0 Å². The number of fused-ring (bicyclic) bond motifs is 3. The summed E-state index contributed by atoms with van der Waals surface area (Å²) < 4.78 is 0. The molecule has 4 heteroatoms. The Bertz CT molecular complexity index is 491. The molecular formula is C17H25N3O. The number of benzene rings is 1. The number of nitrogens with one attached hydrogen (secondary N) is 2. The van der Waals surface area contributed by atoms with Crippen LogP contribution >= 0.6 is 0 Å². The van der Waals surface area contributed by atoms with Crippen molar-refractivity contribution >= 4 is 11.6 Å². The van der Waals surface area contributed by atoms with Gasteiger partial charge in [-0.15, -0.1) is 0 Å². The molecule has 114 valence electrons. The van der Waals surface area contributed by atoms with E-state index in [9.17, 15) is 4.79 Å². The van der Waals surface area contributed by atoms with Crippen LogP contribution in [0.1, 0.15) is 25.3 Å². The van der Waals surface area contributed by atoms with E-state index in [2.05, 4.69) is 15.5 Å². The number of carbonyl (C=O) groups excluding carboxylic acids is 1. The fraction of sp³-hybridized carbons (Fsp3) is 0.588. The van der Waals surface area contributed by atoms with Gasteiger partial charge in [0.1, 0.15) is 0 Å². The molecule has 1 aromatic carbocycles. The molecule has 0 radical (unpaired) electrons. The lowest BCUT2D eigenvalue weighted by atomic mass is 9.83. The van der Waals surface area contributed by atoms with E-state index in [0.29, 0.717) is 6.04 Å². The number of nitrogens with zero attached hydrogens (tertiary/aromatic N) is 1. The summed E-state index contributed by atoms with van der Waals surface area (Å²) in [5.41, 5.74) is 2.07. The molecule has 2 bridgehead atoms. The van der Waals surface area contributed by atoms with Gasteiger partial charge in [0.05, 0.1) is 6.04 Å². The molecule has 3 aliphatic rings. The quantitative estimate of drug-likeness (QED) is 0.890. The van der Waals surface area contributed by atoms with Gasteiger partial charge in [-0.05, 0) is 57.8 Å². The van der Waals surface area contributed by atoms with Crippen LogP contribution < -0.4 is 10.6 Å². The molecule has 3 aliphatic heterocycles. The zero-order valence-corrected chi connectivity index (χ0v) is 12.9. The van der Waals surface area contributed by atoms with Gasteiger partial charge in [-0.2, -0.15) is 0 Å². The van der Waals surface area contributed by atoms with Crippen LogP contribution in [0.3, 0.4) is 0 Å². The average molecular weight is 287 g/mol. The van der Waals surface area contributed by atoms with E-state index >= 15 is 0 Å². The van der Waals surface area contributed by atoms with Crippen molar-refractivity contribution < 1.29 is 4.79 Å². The number of amides is 1. The second-order valence-corrected chi connectivity index (χ2v) is 6.49. The van der Waals surface area contributed by atoms with Gasteiger partial charge in [-0.1, -0.05) is 17.7 Å². The Morgan fingerprint density at radius 2 is 1.90 bits per heavy atom. The fourth-order valence-electron chi connectivity index (χ4n) is 3.44. The van der Waals surface area contributed by atoms with Crippen LogP contribution in [0.25, 0.3) is 0 Å². The average Bonchev–Trinajstić information content (AvgIpc) is 2.50. The van der Waals surface area contributed by atoms with E-state index in [4.69, 9.17) is 0 Å². The number of carbonyl (C=O) groups is 1. The third kappa shape index (κ3) is 3.44. The largest absolute Gasteiger partial charge is 0.325 e. The number of rotatable bonds is 4. The van der Waals surface area contributed by atoms with Gasteiger partial charge in [0, 0.05) is 18.3 Å². The van der Waals surface area contributed by atoms with Crippen LogP contribution in [0.15, 0.2) is 24.3 Å². The van der Waals surface area contributed by atoms with E-state index in [1.807, 2.05) is 38.1 Å². The Balaban J connectivity index is 1.54.